The molecule has 0 aliphatic carbocycles. The van der Waals surface area contributed by atoms with Gasteiger partial charge in [-0.05, 0) is 37.6 Å². The van der Waals surface area contributed by atoms with Crippen LogP contribution in [0.3, 0.4) is 0 Å². The minimum absolute atomic E-state index is 0.0393. The number of alkyl halides is 1. The summed E-state index contributed by atoms with van der Waals surface area (Å²) < 4.78 is 5.45. The summed E-state index contributed by atoms with van der Waals surface area (Å²) in [6, 6.07) is 7.09. The molecule has 1 atom stereocenters. The molecule has 0 N–H and O–H groups in total. The van der Waals surface area contributed by atoms with Crippen LogP contribution in [0.1, 0.15) is 30.6 Å². The van der Waals surface area contributed by atoms with Crippen molar-refractivity contribution >= 4 is 17.4 Å². The maximum Gasteiger partial charge on any atom is 0.159 e. The van der Waals surface area contributed by atoms with Crippen LogP contribution in [0.5, 0.6) is 5.75 Å². The van der Waals surface area contributed by atoms with Gasteiger partial charge in [0.2, 0.25) is 0 Å². The van der Waals surface area contributed by atoms with E-state index in [-0.39, 0.29) is 11.2 Å². The van der Waals surface area contributed by atoms with Crippen LogP contribution in [-0.2, 0) is 0 Å². The molecule has 0 bridgehead atoms. The summed E-state index contributed by atoms with van der Waals surface area (Å²) in [4.78, 5) is 11.0. The van der Waals surface area contributed by atoms with Gasteiger partial charge in [-0.3, -0.25) is 4.79 Å². The molecular weight excluding hydrogens is 212 g/mol. The molecule has 2 nitrogen and oxygen atoms in total. The standard InChI is InChI=1S/C12H15ClO2/c1-3-11(13)8-15-12-6-4-10(5-7-12)9(2)14/h4-7,11H,3,8H2,1-2H3. The summed E-state index contributed by atoms with van der Waals surface area (Å²) in [5.74, 6) is 0.810. The van der Waals surface area contributed by atoms with Crippen molar-refractivity contribution in [1.29, 1.82) is 0 Å². The average molecular weight is 227 g/mol. The highest BCUT2D eigenvalue weighted by molar-refractivity contribution is 6.20. The van der Waals surface area contributed by atoms with Crippen molar-refractivity contribution in [3.8, 4) is 5.75 Å². The Morgan fingerprint density at radius 2 is 2.00 bits per heavy atom. The van der Waals surface area contributed by atoms with Crippen molar-refractivity contribution in [3.05, 3.63) is 29.8 Å². The third-order valence-corrected chi connectivity index (χ3v) is 2.57. The normalized spacial score (nSPS) is 12.2. The highest BCUT2D eigenvalue weighted by Gasteiger charge is 2.03. The molecule has 0 saturated carbocycles. The lowest BCUT2D eigenvalue weighted by atomic mass is 10.1. The topological polar surface area (TPSA) is 26.3 Å². The van der Waals surface area contributed by atoms with Crippen molar-refractivity contribution in [3.63, 3.8) is 0 Å². The van der Waals surface area contributed by atoms with Gasteiger partial charge in [-0.25, -0.2) is 0 Å². The van der Waals surface area contributed by atoms with E-state index in [1.54, 1.807) is 31.2 Å². The molecule has 1 aromatic rings. The van der Waals surface area contributed by atoms with Crippen LogP contribution in [0, 0.1) is 0 Å². The minimum Gasteiger partial charge on any atom is -0.492 e. The van der Waals surface area contributed by atoms with E-state index in [4.69, 9.17) is 16.3 Å². The van der Waals surface area contributed by atoms with Crippen molar-refractivity contribution in [1.82, 2.24) is 0 Å². The van der Waals surface area contributed by atoms with Crippen LogP contribution in [-0.4, -0.2) is 17.8 Å². The number of hydrogen-bond acceptors (Lipinski definition) is 2. The Labute approximate surface area is 95.2 Å². The van der Waals surface area contributed by atoms with Gasteiger partial charge in [-0.1, -0.05) is 6.92 Å². The Kier molecular flexibility index (Phi) is 4.63. The number of halogens is 1. The molecule has 3 heteroatoms. The Balaban J connectivity index is 2.53. The number of benzene rings is 1. The number of hydrogen-bond donors (Lipinski definition) is 0. The fourth-order valence-electron chi connectivity index (χ4n) is 1.09. The van der Waals surface area contributed by atoms with Crippen LogP contribution >= 0.6 is 11.6 Å². The van der Waals surface area contributed by atoms with Gasteiger partial charge >= 0.3 is 0 Å². The van der Waals surface area contributed by atoms with Gasteiger partial charge in [0.05, 0.1) is 5.38 Å². The first-order valence-corrected chi connectivity index (χ1v) is 5.45. The predicted octanol–water partition coefficient (Wildman–Crippen LogP) is 3.29. The number of ether oxygens (including phenoxy) is 1. The van der Waals surface area contributed by atoms with Crippen LogP contribution in [0.2, 0.25) is 0 Å². The third-order valence-electron chi connectivity index (χ3n) is 2.13. The molecule has 0 aliphatic heterocycles. The van der Waals surface area contributed by atoms with E-state index in [1.807, 2.05) is 6.92 Å². The zero-order valence-corrected chi connectivity index (χ0v) is 9.75. The second kappa shape index (κ2) is 5.76. The molecule has 0 heterocycles. The molecule has 1 aromatic carbocycles. The zero-order valence-electron chi connectivity index (χ0n) is 9.00. The molecule has 15 heavy (non-hydrogen) atoms. The first-order valence-electron chi connectivity index (χ1n) is 5.01. The summed E-state index contributed by atoms with van der Waals surface area (Å²) in [6.07, 6.45) is 0.882. The SMILES string of the molecule is CCC(Cl)COc1ccc(C(C)=O)cc1. The van der Waals surface area contributed by atoms with E-state index < -0.39 is 0 Å². The first kappa shape index (κ1) is 12.1. The van der Waals surface area contributed by atoms with E-state index in [9.17, 15) is 4.79 Å². The lowest BCUT2D eigenvalue weighted by molar-refractivity contribution is 0.101. The third kappa shape index (κ3) is 3.92. The molecule has 82 valence electrons. The Morgan fingerprint density at radius 3 is 2.47 bits per heavy atom. The maximum absolute atomic E-state index is 11.0. The fraction of sp³-hybridized carbons (Fsp3) is 0.417. The molecule has 0 spiro atoms. The van der Waals surface area contributed by atoms with Crippen LogP contribution < -0.4 is 4.74 Å². The summed E-state index contributed by atoms with van der Waals surface area (Å²) in [7, 11) is 0. The lowest BCUT2D eigenvalue weighted by Gasteiger charge is -2.09. The smallest absolute Gasteiger partial charge is 0.159 e. The quantitative estimate of drug-likeness (QED) is 0.569. The first-order chi connectivity index (χ1) is 7.13. The van der Waals surface area contributed by atoms with Gasteiger partial charge in [-0.2, -0.15) is 0 Å². The van der Waals surface area contributed by atoms with E-state index in [1.165, 1.54) is 0 Å². The van der Waals surface area contributed by atoms with E-state index >= 15 is 0 Å². The molecule has 1 rings (SSSR count). The van der Waals surface area contributed by atoms with Crippen molar-refractivity contribution in [2.24, 2.45) is 0 Å². The second-order valence-corrected chi connectivity index (χ2v) is 4.01. The van der Waals surface area contributed by atoms with Crippen LogP contribution in [0.15, 0.2) is 24.3 Å². The number of carbonyl (C=O) groups excluding carboxylic acids is 1. The van der Waals surface area contributed by atoms with Gasteiger partial charge in [0.1, 0.15) is 12.4 Å². The fourth-order valence-corrected chi connectivity index (χ4v) is 1.15. The van der Waals surface area contributed by atoms with Gasteiger partial charge in [0.15, 0.2) is 5.78 Å². The average Bonchev–Trinajstić information content (AvgIpc) is 2.26. The van der Waals surface area contributed by atoms with E-state index in [0.29, 0.717) is 12.2 Å². The Bertz CT molecular complexity index is 319. The van der Waals surface area contributed by atoms with Gasteiger partial charge in [-0.15, -0.1) is 11.6 Å². The second-order valence-electron chi connectivity index (χ2n) is 3.40. The number of carbonyl (C=O) groups is 1. The summed E-state index contributed by atoms with van der Waals surface area (Å²) in [5.41, 5.74) is 0.695. The van der Waals surface area contributed by atoms with E-state index in [0.717, 1.165) is 12.2 Å². The molecule has 0 fully saturated rings. The molecule has 0 saturated heterocycles. The summed E-state index contributed by atoms with van der Waals surface area (Å²) in [6.45, 7) is 4.05. The van der Waals surface area contributed by atoms with Gasteiger partial charge < -0.3 is 4.74 Å². The largest absolute Gasteiger partial charge is 0.492 e. The molecule has 1 unspecified atom stereocenters. The summed E-state index contributed by atoms with van der Waals surface area (Å²) >= 11 is 5.92. The highest BCUT2D eigenvalue weighted by atomic mass is 35.5. The molecule has 0 aromatic heterocycles. The minimum atomic E-state index is 0.0393. The Morgan fingerprint density at radius 1 is 1.40 bits per heavy atom. The van der Waals surface area contributed by atoms with Crippen molar-refractivity contribution in [2.45, 2.75) is 25.6 Å². The molecule has 0 aliphatic rings. The summed E-state index contributed by atoms with van der Waals surface area (Å²) in [5, 5.41) is 0.0393. The van der Waals surface area contributed by atoms with Crippen molar-refractivity contribution in [2.75, 3.05) is 6.61 Å². The Hall–Kier alpha value is -1.02. The number of rotatable bonds is 5. The van der Waals surface area contributed by atoms with Gasteiger partial charge in [0.25, 0.3) is 0 Å². The van der Waals surface area contributed by atoms with Crippen LogP contribution in [0.25, 0.3) is 0 Å². The highest BCUT2D eigenvalue weighted by Crippen LogP contribution is 2.14. The van der Waals surface area contributed by atoms with E-state index in [2.05, 4.69) is 0 Å². The van der Waals surface area contributed by atoms with Crippen molar-refractivity contribution < 1.29 is 9.53 Å². The maximum atomic E-state index is 11.0. The number of ketones is 1. The van der Waals surface area contributed by atoms with Crippen LogP contribution in [0.4, 0.5) is 0 Å². The van der Waals surface area contributed by atoms with Gasteiger partial charge in [0, 0.05) is 5.56 Å². The zero-order chi connectivity index (χ0) is 11.3. The number of Topliss-reactive ketones (excluding diaryl/α,β-unsaturated/α-hetero) is 1. The monoisotopic (exact) mass is 226 g/mol. The lowest BCUT2D eigenvalue weighted by Crippen LogP contribution is -2.10. The molecular formula is C12H15ClO2. The molecule has 0 radical (unpaired) electrons. The molecule has 0 amide bonds. The predicted molar refractivity (Wildman–Crippen MR) is 61.9 cm³/mol.